The molecular formula is C21H28N4O4. The van der Waals surface area contributed by atoms with Crippen LogP contribution in [0.2, 0.25) is 0 Å². The maximum atomic E-state index is 13.3. The molecule has 3 atom stereocenters. The molecular weight excluding hydrogens is 372 g/mol. The highest BCUT2D eigenvalue weighted by atomic mass is 16.6. The Kier molecular flexibility index (Phi) is 4.49. The smallest absolute Gasteiger partial charge is 0.287 e. The van der Waals surface area contributed by atoms with Gasteiger partial charge in [-0.15, -0.1) is 0 Å². The molecule has 8 nitrogen and oxygen atoms in total. The lowest BCUT2D eigenvalue weighted by Gasteiger charge is -2.58. The summed E-state index contributed by atoms with van der Waals surface area (Å²) in [5.74, 6) is 2.06. The van der Waals surface area contributed by atoms with Crippen molar-refractivity contribution in [3.05, 3.63) is 28.4 Å². The van der Waals surface area contributed by atoms with E-state index in [4.69, 9.17) is 0 Å². The third kappa shape index (κ3) is 3.27. The van der Waals surface area contributed by atoms with Crippen molar-refractivity contribution >= 4 is 17.4 Å². The zero-order valence-corrected chi connectivity index (χ0v) is 16.5. The van der Waals surface area contributed by atoms with Crippen molar-refractivity contribution in [2.75, 3.05) is 18.0 Å². The van der Waals surface area contributed by atoms with Crippen molar-refractivity contribution < 1.29 is 14.8 Å². The van der Waals surface area contributed by atoms with Gasteiger partial charge in [-0.2, -0.15) is 0 Å². The zero-order chi connectivity index (χ0) is 20.2. The summed E-state index contributed by atoms with van der Waals surface area (Å²) in [6.07, 6.45) is 7.74. The van der Waals surface area contributed by atoms with Gasteiger partial charge in [0.25, 0.3) is 5.69 Å². The SMILES string of the molecule is O=C(N[C@H]1CCCN(c2ccc([N+](=O)[O-])cn2)C1)C12CC3CC(C1)C(O)C(C3)C2. The molecule has 8 heteroatoms. The maximum Gasteiger partial charge on any atom is 0.287 e. The van der Waals surface area contributed by atoms with Crippen LogP contribution in [0.15, 0.2) is 18.3 Å². The van der Waals surface area contributed by atoms with Gasteiger partial charge in [0.1, 0.15) is 12.0 Å². The summed E-state index contributed by atoms with van der Waals surface area (Å²) in [4.78, 5) is 30.1. The Morgan fingerprint density at radius 2 is 2.03 bits per heavy atom. The van der Waals surface area contributed by atoms with Gasteiger partial charge in [-0.3, -0.25) is 14.9 Å². The van der Waals surface area contributed by atoms with Gasteiger partial charge in [-0.25, -0.2) is 4.98 Å². The molecule has 1 aromatic heterocycles. The Labute approximate surface area is 169 Å². The number of amides is 1. The Bertz CT molecular complexity index is 797. The number of nitrogens with zero attached hydrogens (tertiary/aromatic N) is 3. The van der Waals surface area contributed by atoms with E-state index in [1.165, 1.54) is 12.3 Å². The maximum absolute atomic E-state index is 13.3. The van der Waals surface area contributed by atoms with E-state index in [2.05, 4.69) is 15.2 Å². The van der Waals surface area contributed by atoms with Gasteiger partial charge in [0.2, 0.25) is 5.91 Å². The summed E-state index contributed by atoms with van der Waals surface area (Å²) < 4.78 is 0. The largest absolute Gasteiger partial charge is 0.393 e. The lowest BCUT2D eigenvalue weighted by atomic mass is 9.48. The molecule has 6 rings (SSSR count). The van der Waals surface area contributed by atoms with Crippen LogP contribution in [-0.2, 0) is 4.79 Å². The van der Waals surface area contributed by atoms with E-state index < -0.39 is 4.92 Å². The van der Waals surface area contributed by atoms with Gasteiger partial charge in [-0.05, 0) is 68.8 Å². The molecule has 2 N–H and O–H groups in total. The number of carbonyl (C=O) groups is 1. The summed E-state index contributed by atoms with van der Waals surface area (Å²) in [6.45, 7) is 1.51. The Morgan fingerprint density at radius 1 is 1.28 bits per heavy atom. The first kappa shape index (κ1) is 18.8. The minimum absolute atomic E-state index is 0.0142. The van der Waals surface area contributed by atoms with Crippen LogP contribution in [0.25, 0.3) is 0 Å². The molecule has 156 valence electrons. The average molecular weight is 400 g/mol. The van der Waals surface area contributed by atoms with Crippen LogP contribution in [0.5, 0.6) is 0 Å². The van der Waals surface area contributed by atoms with Crippen LogP contribution < -0.4 is 10.2 Å². The highest BCUT2D eigenvalue weighted by Gasteiger charge is 2.58. The fraction of sp³-hybridized carbons (Fsp3) is 0.714. The van der Waals surface area contributed by atoms with Crippen molar-refractivity contribution in [1.82, 2.24) is 10.3 Å². The van der Waals surface area contributed by atoms with E-state index in [1.54, 1.807) is 6.07 Å². The van der Waals surface area contributed by atoms with Crippen LogP contribution in [-0.4, -0.2) is 46.2 Å². The Balaban J connectivity index is 1.25. The number of nitro groups is 1. The summed E-state index contributed by atoms with van der Waals surface area (Å²) in [6, 6.07) is 3.22. The van der Waals surface area contributed by atoms with Crippen LogP contribution in [0.3, 0.4) is 0 Å². The van der Waals surface area contributed by atoms with E-state index in [0.717, 1.165) is 51.5 Å². The number of anilines is 1. The molecule has 4 aliphatic carbocycles. The molecule has 2 unspecified atom stereocenters. The second kappa shape index (κ2) is 6.93. The number of nitrogens with one attached hydrogen (secondary N) is 1. The summed E-state index contributed by atoms with van der Waals surface area (Å²) in [5.41, 5.74) is -0.302. The van der Waals surface area contributed by atoms with Gasteiger partial charge in [0.15, 0.2) is 0 Å². The number of carbonyl (C=O) groups excluding carboxylic acids is 1. The average Bonchev–Trinajstić information content (AvgIpc) is 2.71. The molecule has 1 aromatic rings. The van der Waals surface area contributed by atoms with Gasteiger partial charge in [0.05, 0.1) is 16.4 Å². The first-order valence-electron chi connectivity index (χ1n) is 10.8. The normalized spacial score (nSPS) is 38.1. The third-order valence-corrected chi connectivity index (χ3v) is 7.73. The second-order valence-electron chi connectivity index (χ2n) is 9.63. The second-order valence-corrected chi connectivity index (χ2v) is 9.63. The number of hydrogen-bond acceptors (Lipinski definition) is 6. The fourth-order valence-corrected chi connectivity index (χ4v) is 6.59. The predicted molar refractivity (Wildman–Crippen MR) is 106 cm³/mol. The lowest BCUT2D eigenvalue weighted by Crippen LogP contribution is -2.60. The van der Waals surface area contributed by atoms with Crippen molar-refractivity contribution in [2.45, 2.75) is 57.1 Å². The summed E-state index contributed by atoms with van der Waals surface area (Å²) in [7, 11) is 0. The van der Waals surface area contributed by atoms with Crippen LogP contribution >= 0.6 is 0 Å². The fourth-order valence-electron chi connectivity index (χ4n) is 6.59. The van der Waals surface area contributed by atoms with Crippen LogP contribution in [0.1, 0.15) is 44.9 Å². The molecule has 0 radical (unpaired) electrons. The molecule has 1 saturated heterocycles. The van der Waals surface area contributed by atoms with Gasteiger partial charge >= 0.3 is 0 Å². The number of aromatic nitrogens is 1. The predicted octanol–water partition coefficient (Wildman–Crippen LogP) is 2.26. The highest BCUT2D eigenvalue weighted by molar-refractivity contribution is 5.83. The quantitative estimate of drug-likeness (QED) is 0.593. The molecule has 2 heterocycles. The number of pyridine rings is 1. The minimum Gasteiger partial charge on any atom is -0.393 e. The molecule has 0 spiro atoms. The monoisotopic (exact) mass is 400 g/mol. The highest BCUT2D eigenvalue weighted by Crippen LogP contribution is 2.60. The molecule has 1 amide bonds. The van der Waals surface area contributed by atoms with Crippen molar-refractivity contribution in [3.8, 4) is 0 Å². The first-order chi connectivity index (χ1) is 13.9. The van der Waals surface area contributed by atoms with Gasteiger partial charge in [0, 0.05) is 25.2 Å². The van der Waals surface area contributed by atoms with Crippen molar-refractivity contribution in [1.29, 1.82) is 0 Å². The summed E-state index contributed by atoms with van der Waals surface area (Å²) in [5, 5.41) is 24.6. The number of rotatable bonds is 4. The molecule has 5 aliphatic rings. The van der Waals surface area contributed by atoms with Crippen molar-refractivity contribution in [2.24, 2.45) is 23.2 Å². The molecule has 5 fully saturated rings. The van der Waals surface area contributed by atoms with Crippen LogP contribution in [0.4, 0.5) is 11.5 Å². The molecule has 4 bridgehead atoms. The van der Waals surface area contributed by atoms with Crippen LogP contribution in [0, 0.1) is 33.3 Å². The molecule has 1 aliphatic heterocycles. The standard InChI is InChI=1S/C21H28N4O4/c26-19-14-6-13-7-15(19)10-21(8-13,9-14)20(27)23-16-2-1-5-24(12-16)18-4-3-17(11-22-18)25(28)29/h3-4,11,13-16,19,26H,1-2,5-10,12H2,(H,23,27)/t13?,14?,15?,16-,19?,21?/m0/s1. The summed E-state index contributed by atoms with van der Waals surface area (Å²) >= 11 is 0. The van der Waals surface area contributed by atoms with Gasteiger partial charge < -0.3 is 15.3 Å². The third-order valence-electron chi connectivity index (χ3n) is 7.73. The Hall–Kier alpha value is -2.22. The van der Waals surface area contributed by atoms with Gasteiger partial charge in [-0.1, -0.05) is 0 Å². The number of aliphatic hydroxyl groups is 1. The minimum atomic E-state index is -0.446. The lowest BCUT2D eigenvalue weighted by molar-refractivity contribution is -0.385. The zero-order valence-electron chi connectivity index (χ0n) is 16.5. The first-order valence-corrected chi connectivity index (χ1v) is 10.8. The number of aliphatic hydroxyl groups excluding tert-OH is 1. The van der Waals surface area contributed by atoms with E-state index in [-0.39, 0.29) is 29.2 Å². The molecule has 29 heavy (non-hydrogen) atoms. The molecule has 4 saturated carbocycles. The Morgan fingerprint density at radius 3 is 2.69 bits per heavy atom. The number of hydrogen-bond donors (Lipinski definition) is 2. The number of piperidine rings is 1. The van der Waals surface area contributed by atoms with E-state index in [0.29, 0.717) is 30.1 Å². The van der Waals surface area contributed by atoms with E-state index in [1.807, 2.05) is 0 Å². The topological polar surface area (TPSA) is 109 Å². The van der Waals surface area contributed by atoms with E-state index in [9.17, 15) is 20.0 Å². The molecule has 0 aromatic carbocycles. The van der Waals surface area contributed by atoms with Crippen molar-refractivity contribution in [3.63, 3.8) is 0 Å². The van der Waals surface area contributed by atoms with E-state index >= 15 is 0 Å².